The normalized spacial score (nSPS) is 57.1. The lowest BCUT2D eigenvalue weighted by Gasteiger charge is -2.75. The molecule has 0 aromatic heterocycles. The summed E-state index contributed by atoms with van der Waals surface area (Å²) in [5.74, 6) is 2.84. The number of Topliss-reactive ketones (excluding diaryl/α,β-unsaturated/α-hetero) is 1. The van der Waals surface area contributed by atoms with E-state index in [-0.39, 0.29) is 16.7 Å². The van der Waals surface area contributed by atoms with Crippen molar-refractivity contribution in [2.24, 2.45) is 56.2 Å². The third-order valence-electron chi connectivity index (χ3n) is 13.8. The van der Waals surface area contributed by atoms with Gasteiger partial charge >= 0.3 is 0 Å². The molecule has 0 amide bonds. The Labute approximate surface area is 197 Å². The average molecular weight is 443 g/mol. The molecule has 0 radical (unpaired) electrons. The predicted molar refractivity (Wildman–Crippen MR) is 131 cm³/mol. The van der Waals surface area contributed by atoms with E-state index < -0.39 is 0 Å². The van der Waals surface area contributed by atoms with Crippen molar-refractivity contribution < 1.29 is 9.90 Å². The Hall–Kier alpha value is -0.370. The van der Waals surface area contributed by atoms with Crippen molar-refractivity contribution in [2.75, 3.05) is 6.61 Å². The fourth-order valence-electron chi connectivity index (χ4n) is 11.3. The second kappa shape index (κ2) is 6.86. The highest BCUT2D eigenvalue weighted by Crippen LogP contribution is 2.78. The summed E-state index contributed by atoms with van der Waals surface area (Å²) in [5, 5.41) is 10.7. The van der Waals surface area contributed by atoms with Crippen LogP contribution in [0.2, 0.25) is 0 Å². The monoisotopic (exact) mass is 442 g/mol. The molecule has 9 atom stereocenters. The fraction of sp³-hybridized carbons (Fsp3) is 0.967. The van der Waals surface area contributed by atoms with Crippen molar-refractivity contribution in [3.8, 4) is 0 Å². The topological polar surface area (TPSA) is 37.3 Å². The first-order valence-corrected chi connectivity index (χ1v) is 13.9. The molecule has 0 spiro atoms. The molecule has 5 aliphatic carbocycles. The largest absolute Gasteiger partial charge is 0.396 e. The van der Waals surface area contributed by atoms with Crippen molar-refractivity contribution >= 4 is 5.78 Å². The maximum absolute atomic E-state index is 12.7. The van der Waals surface area contributed by atoms with Gasteiger partial charge in [-0.2, -0.15) is 0 Å². The molecule has 0 heterocycles. The summed E-state index contributed by atoms with van der Waals surface area (Å²) in [6, 6.07) is 0. The van der Waals surface area contributed by atoms with E-state index in [2.05, 4.69) is 48.5 Å². The number of carbonyl (C=O) groups excluding carboxylic acids is 1. The van der Waals surface area contributed by atoms with Crippen LogP contribution in [0.3, 0.4) is 0 Å². The van der Waals surface area contributed by atoms with Gasteiger partial charge in [0.2, 0.25) is 0 Å². The molecule has 0 aliphatic heterocycles. The van der Waals surface area contributed by atoms with Crippen LogP contribution in [0.15, 0.2) is 0 Å². The van der Waals surface area contributed by atoms with E-state index in [0.29, 0.717) is 45.9 Å². The minimum absolute atomic E-state index is 0.159. The molecule has 0 aromatic carbocycles. The quantitative estimate of drug-likeness (QED) is 0.458. The summed E-state index contributed by atoms with van der Waals surface area (Å²) in [5.41, 5.74) is 1.78. The maximum atomic E-state index is 12.7. The fourth-order valence-corrected chi connectivity index (χ4v) is 11.3. The Bertz CT molecular complexity index is 801. The second-order valence-electron chi connectivity index (χ2n) is 15.2. The van der Waals surface area contributed by atoms with Crippen molar-refractivity contribution in [2.45, 2.75) is 119 Å². The third kappa shape index (κ3) is 2.71. The Morgan fingerprint density at radius 2 is 1.38 bits per heavy atom. The zero-order chi connectivity index (χ0) is 23.4. The standard InChI is InChI=1S/C30H50O2/c1-20-21(32)8-9-22-26(20,4)11-10-23-27(22,5)13-14-29(7)24-18-25(2,3)12-16-30(24,19-31)17-15-28(23,29)6/h20,22-24,31H,8-19H2,1-7H3/t20-,22-,23+,24-,26+,27-,28+,29-,30+/m0/s1. The van der Waals surface area contributed by atoms with Gasteiger partial charge in [-0.15, -0.1) is 0 Å². The van der Waals surface area contributed by atoms with Gasteiger partial charge in [0.15, 0.2) is 0 Å². The summed E-state index contributed by atoms with van der Waals surface area (Å²) in [7, 11) is 0. The number of fused-ring (bicyclic) bond motifs is 7. The lowest BCUT2D eigenvalue weighted by molar-refractivity contribution is -0.263. The first-order chi connectivity index (χ1) is 14.8. The molecule has 5 saturated carbocycles. The molecule has 0 unspecified atom stereocenters. The molecule has 0 bridgehead atoms. The van der Waals surface area contributed by atoms with Gasteiger partial charge < -0.3 is 5.11 Å². The van der Waals surface area contributed by atoms with Crippen LogP contribution in [0.25, 0.3) is 0 Å². The number of rotatable bonds is 1. The molecule has 0 aromatic rings. The average Bonchev–Trinajstić information content (AvgIpc) is 2.73. The van der Waals surface area contributed by atoms with E-state index in [9.17, 15) is 9.90 Å². The minimum atomic E-state index is 0.159. The number of aliphatic hydroxyl groups is 1. The van der Waals surface area contributed by atoms with Gasteiger partial charge in [0.25, 0.3) is 0 Å². The summed E-state index contributed by atoms with van der Waals surface area (Å²) >= 11 is 0. The Balaban J connectivity index is 1.55. The molecule has 5 aliphatic rings. The number of aliphatic hydroxyl groups excluding tert-OH is 1. The minimum Gasteiger partial charge on any atom is -0.396 e. The Morgan fingerprint density at radius 3 is 2.06 bits per heavy atom. The molecule has 182 valence electrons. The van der Waals surface area contributed by atoms with Gasteiger partial charge in [-0.25, -0.2) is 0 Å². The van der Waals surface area contributed by atoms with Gasteiger partial charge in [0.05, 0.1) is 0 Å². The highest BCUT2D eigenvalue weighted by atomic mass is 16.3. The van der Waals surface area contributed by atoms with Crippen LogP contribution >= 0.6 is 0 Å². The van der Waals surface area contributed by atoms with E-state index >= 15 is 0 Å². The van der Waals surface area contributed by atoms with Crippen molar-refractivity contribution in [3.63, 3.8) is 0 Å². The molecule has 32 heavy (non-hydrogen) atoms. The number of carbonyl (C=O) groups is 1. The lowest BCUT2D eigenvalue weighted by atomic mass is 9.30. The Kier molecular flexibility index (Phi) is 5.01. The molecule has 5 fully saturated rings. The molecular weight excluding hydrogens is 392 g/mol. The van der Waals surface area contributed by atoms with Crippen LogP contribution in [0.5, 0.6) is 0 Å². The predicted octanol–water partition coefficient (Wildman–Crippen LogP) is 7.43. The molecule has 2 nitrogen and oxygen atoms in total. The van der Waals surface area contributed by atoms with Crippen molar-refractivity contribution in [1.29, 1.82) is 0 Å². The van der Waals surface area contributed by atoms with Gasteiger partial charge in [-0.3, -0.25) is 4.79 Å². The van der Waals surface area contributed by atoms with Crippen molar-refractivity contribution in [3.05, 3.63) is 0 Å². The van der Waals surface area contributed by atoms with E-state index in [0.717, 1.165) is 18.8 Å². The summed E-state index contributed by atoms with van der Waals surface area (Å²) in [6.45, 7) is 18.0. The summed E-state index contributed by atoms with van der Waals surface area (Å²) < 4.78 is 0. The zero-order valence-corrected chi connectivity index (χ0v) is 22.2. The van der Waals surface area contributed by atoms with Crippen LogP contribution in [0.4, 0.5) is 0 Å². The van der Waals surface area contributed by atoms with Gasteiger partial charge in [-0.1, -0.05) is 48.5 Å². The second-order valence-corrected chi connectivity index (χ2v) is 15.2. The van der Waals surface area contributed by atoms with E-state index in [4.69, 9.17) is 0 Å². The molecule has 1 N–H and O–H groups in total. The SMILES string of the molecule is C[C@H]1C(=O)CC[C@@H]2[C@]3(C)CC[C@@]4(C)[C@@H]5CC(C)(C)CC[C@]5(CO)CC[C@]4(C)[C@@H]3CC[C@@]21C. The molecule has 0 saturated heterocycles. The summed E-state index contributed by atoms with van der Waals surface area (Å²) in [6.07, 6.45) is 13.4. The van der Waals surface area contributed by atoms with Crippen LogP contribution in [0, 0.1) is 56.2 Å². The third-order valence-corrected chi connectivity index (χ3v) is 13.8. The van der Waals surface area contributed by atoms with Crippen molar-refractivity contribution in [1.82, 2.24) is 0 Å². The Morgan fingerprint density at radius 1 is 0.750 bits per heavy atom. The van der Waals surface area contributed by atoms with Crippen LogP contribution < -0.4 is 0 Å². The first-order valence-electron chi connectivity index (χ1n) is 13.9. The number of hydrogen-bond acceptors (Lipinski definition) is 2. The molecule has 2 heteroatoms. The smallest absolute Gasteiger partial charge is 0.136 e. The summed E-state index contributed by atoms with van der Waals surface area (Å²) in [4.78, 5) is 12.7. The highest BCUT2D eigenvalue weighted by molar-refractivity contribution is 5.82. The van der Waals surface area contributed by atoms with Gasteiger partial charge in [0.1, 0.15) is 5.78 Å². The van der Waals surface area contributed by atoms with E-state index in [1.165, 1.54) is 57.8 Å². The molecule has 5 rings (SSSR count). The van der Waals surface area contributed by atoms with E-state index in [1.54, 1.807) is 0 Å². The highest BCUT2D eigenvalue weighted by Gasteiger charge is 2.71. The van der Waals surface area contributed by atoms with Gasteiger partial charge in [-0.05, 0) is 114 Å². The van der Waals surface area contributed by atoms with Crippen LogP contribution in [-0.2, 0) is 4.79 Å². The first kappa shape index (κ1) is 23.4. The lowest BCUT2D eigenvalue weighted by Crippen LogP contribution is -2.68. The van der Waals surface area contributed by atoms with Crippen LogP contribution in [0.1, 0.15) is 119 Å². The zero-order valence-electron chi connectivity index (χ0n) is 22.2. The number of ketones is 1. The maximum Gasteiger partial charge on any atom is 0.136 e. The number of hydrogen-bond donors (Lipinski definition) is 1. The van der Waals surface area contributed by atoms with E-state index in [1.807, 2.05) is 0 Å². The van der Waals surface area contributed by atoms with Gasteiger partial charge in [0, 0.05) is 18.9 Å². The van der Waals surface area contributed by atoms with Crippen LogP contribution in [-0.4, -0.2) is 17.5 Å². The molecular formula is C30H50O2.